The summed E-state index contributed by atoms with van der Waals surface area (Å²) in [6, 6.07) is 6.10. The Kier molecular flexibility index (Phi) is 5.74. The average Bonchev–Trinajstić information content (AvgIpc) is 3.25. The van der Waals surface area contributed by atoms with Crippen LogP contribution in [0.15, 0.2) is 24.3 Å². The number of carbonyl (C=O) groups is 3. The molecule has 2 amide bonds. The molecule has 3 rings (SSSR count). The van der Waals surface area contributed by atoms with Gasteiger partial charge in [-0.3, -0.25) is 9.59 Å². The number of sulfone groups is 1. The van der Waals surface area contributed by atoms with E-state index < -0.39 is 33.9 Å². The second-order valence-corrected chi connectivity index (χ2v) is 9.48. The standard InChI is InChI=1S/C19H24N2O6S/c1-13(18(23)20(2)16-9-11-28(25,26)12-16)27-19(24)14-5-7-15(8-6-14)21-10-3-4-17(21)22/h5-8,13,16H,3-4,9-12H2,1-2H3/t13-,16-/m0/s1. The molecule has 1 aromatic rings. The van der Waals surface area contributed by atoms with Gasteiger partial charge in [-0.05, 0) is 44.0 Å². The van der Waals surface area contributed by atoms with Crippen molar-refractivity contribution in [2.24, 2.45) is 0 Å². The van der Waals surface area contributed by atoms with Gasteiger partial charge < -0.3 is 14.5 Å². The van der Waals surface area contributed by atoms with Crippen molar-refractivity contribution in [3.05, 3.63) is 29.8 Å². The maximum atomic E-state index is 12.5. The fraction of sp³-hybridized carbons (Fsp3) is 0.526. The number of likely N-dealkylation sites (N-methyl/N-ethyl adjacent to an activating group) is 1. The summed E-state index contributed by atoms with van der Waals surface area (Å²) in [7, 11) is -1.58. The molecule has 0 saturated carbocycles. The van der Waals surface area contributed by atoms with Gasteiger partial charge >= 0.3 is 5.97 Å². The highest BCUT2D eigenvalue weighted by Crippen LogP contribution is 2.22. The zero-order valence-electron chi connectivity index (χ0n) is 16.0. The molecule has 0 radical (unpaired) electrons. The number of hydrogen-bond donors (Lipinski definition) is 0. The van der Waals surface area contributed by atoms with E-state index in [1.54, 1.807) is 29.2 Å². The Morgan fingerprint density at radius 2 is 1.93 bits per heavy atom. The van der Waals surface area contributed by atoms with Gasteiger partial charge in [0.15, 0.2) is 15.9 Å². The number of benzene rings is 1. The number of esters is 1. The number of hydrogen-bond acceptors (Lipinski definition) is 6. The molecule has 8 nitrogen and oxygen atoms in total. The lowest BCUT2D eigenvalue weighted by molar-refractivity contribution is -0.140. The van der Waals surface area contributed by atoms with Crippen LogP contribution in [0.25, 0.3) is 0 Å². The van der Waals surface area contributed by atoms with Crippen molar-refractivity contribution in [1.29, 1.82) is 0 Å². The van der Waals surface area contributed by atoms with E-state index in [9.17, 15) is 22.8 Å². The van der Waals surface area contributed by atoms with Crippen molar-refractivity contribution in [2.75, 3.05) is 30.0 Å². The third kappa shape index (κ3) is 4.35. The zero-order valence-corrected chi connectivity index (χ0v) is 16.8. The monoisotopic (exact) mass is 408 g/mol. The first kappa shape index (κ1) is 20.3. The Bertz CT molecular complexity index is 880. The lowest BCUT2D eigenvalue weighted by Crippen LogP contribution is -2.44. The van der Waals surface area contributed by atoms with Gasteiger partial charge in [-0.25, -0.2) is 13.2 Å². The van der Waals surface area contributed by atoms with E-state index in [1.807, 2.05) is 0 Å². The van der Waals surface area contributed by atoms with Crippen LogP contribution < -0.4 is 4.90 Å². The lowest BCUT2D eigenvalue weighted by Gasteiger charge is -2.26. The maximum Gasteiger partial charge on any atom is 0.338 e. The molecule has 2 saturated heterocycles. The topological polar surface area (TPSA) is 101 Å². The molecule has 152 valence electrons. The Morgan fingerprint density at radius 1 is 1.25 bits per heavy atom. The van der Waals surface area contributed by atoms with E-state index in [4.69, 9.17) is 4.74 Å². The summed E-state index contributed by atoms with van der Waals surface area (Å²) in [6.45, 7) is 2.13. The van der Waals surface area contributed by atoms with Gasteiger partial charge in [-0.2, -0.15) is 0 Å². The summed E-state index contributed by atoms with van der Waals surface area (Å²) in [6.07, 6.45) is 0.708. The lowest BCUT2D eigenvalue weighted by atomic mass is 10.2. The molecular formula is C19H24N2O6S. The minimum Gasteiger partial charge on any atom is -0.449 e. The van der Waals surface area contributed by atoms with E-state index in [-0.39, 0.29) is 23.0 Å². The zero-order chi connectivity index (χ0) is 20.5. The van der Waals surface area contributed by atoms with E-state index in [2.05, 4.69) is 0 Å². The number of amides is 2. The van der Waals surface area contributed by atoms with E-state index in [0.29, 0.717) is 19.4 Å². The Balaban J connectivity index is 1.59. The predicted molar refractivity (Wildman–Crippen MR) is 103 cm³/mol. The van der Waals surface area contributed by atoms with Crippen LogP contribution in [-0.4, -0.2) is 68.3 Å². The number of nitrogens with zero attached hydrogens (tertiary/aromatic N) is 2. The van der Waals surface area contributed by atoms with Crippen molar-refractivity contribution in [1.82, 2.24) is 4.90 Å². The molecule has 0 aromatic heterocycles. The first-order valence-corrected chi connectivity index (χ1v) is 11.1. The Morgan fingerprint density at radius 3 is 2.46 bits per heavy atom. The van der Waals surface area contributed by atoms with Crippen molar-refractivity contribution in [3.63, 3.8) is 0 Å². The van der Waals surface area contributed by atoms with Crippen molar-refractivity contribution < 1.29 is 27.5 Å². The van der Waals surface area contributed by atoms with Crippen LogP contribution in [-0.2, 0) is 24.2 Å². The Labute approximate surface area is 164 Å². The summed E-state index contributed by atoms with van der Waals surface area (Å²) in [5, 5.41) is 0. The van der Waals surface area contributed by atoms with Gasteiger partial charge in [0.05, 0.1) is 17.1 Å². The van der Waals surface area contributed by atoms with Gasteiger partial charge in [0.25, 0.3) is 5.91 Å². The maximum absolute atomic E-state index is 12.5. The normalized spacial score (nSPS) is 22.1. The van der Waals surface area contributed by atoms with Crippen molar-refractivity contribution in [3.8, 4) is 0 Å². The molecule has 2 aliphatic heterocycles. The molecule has 0 spiro atoms. The Hall–Kier alpha value is -2.42. The molecule has 2 atom stereocenters. The van der Waals surface area contributed by atoms with E-state index >= 15 is 0 Å². The van der Waals surface area contributed by atoms with E-state index in [1.165, 1.54) is 18.9 Å². The first-order valence-electron chi connectivity index (χ1n) is 9.26. The molecule has 1 aromatic carbocycles. The van der Waals surface area contributed by atoms with Crippen LogP contribution in [0.3, 0.4) is 0 Å². The van der Waals surface area contributed by atoms with Gasteiger partial charge in [0.2, 0.25) is 5.91 Å². The quantitative estimate of drug-likeness (QED) is 0.674. The van der Waals surface area contributed by atoms with Crippen LogP contribution in [0.1, 0.15) is 36.5 Å². The fourth-order valence-electron chi connectivity index (χ4n) is 3.53. The third-order valence-electron chi connectivity index (χ3n) is 5.22. The fourth-order valence-corrected chi connectivity index (χ4v) is 5.30. The van der Waals surface area contributed by atoms with Gasteiger partial charge in [-0.1, -0.05) is 0 Å². The number of rotatable bonds is 5. The molecular weight excluding hydrogens is 384 g/mol. The van der Waals surface area contributed by atoms with E-state index in [0.717, 1.165) is 12.1 Å². The highest BCUT2D eigenvalue weighted by atomic mass is 32.2. The van der Waals surface area contributed by atoms with Crippen LogP contribution in [0.2, 0.25) is 0 Å². The van der Waals surface area contributed by atoms with Crippen molar-refractivity contribution in [2.45, 2.75) is 38.3 Å². The second-order valence-electron chi connectivity index (χ2n) is 7.25. The van der Waals surface area contributed by atoms with Crippen LogP contribution in [0.4, 0.5) is 5.69 Å². The van der Waals surface area contributed by atoms with Crippen LogP contribution >= 0.6 is 0 Å². The largest absolute Gasteiger partial charge is 0.449 e. The summed E-state index contributed by atoms with van der Waals surface area (Å²) in [4.78, 5) is 39.6. The minimum absolute atomic E-state index is 0.0616. The molecule has 2 aliphatic rings. The minimum atomic E-state index is -3.11. The summed E-state index contributed by atoms with van der Waals surface area (Å²) < 4.78 is 28.4. The molecule has 2 heterocycles. The van der Waals surface area contributed by atoms with Crippen LogP contribution in [0, 0.1) is 0 Å². The highest BCUT2D eigenvalue weighted by Gasteiger charge is 2.35. The van der Waals surface area contributed by atoms with Gasteiger partial charge in [-0.15, -0.1) is 0 Å². The van der Waals surface area contributed by atoms with Crippen LogP contribution in [0.5, 0.6) is 0 Å². The molecule has 0 bridgehead atoms. The number of ether oxygens (including phenoxy) is 1. The molecule has 28 heavy (non-hydrogen) atoms. The SMILES string of the molecule is C[C@H](OC(=O)c1ccc(N2CCCC2=O)cc1)C(=O)N(C)[C@H]1CCS(=O)(=O)C1. The third-order valence-corrected chi connectivity index (χ3v) is 6.97. The molecule has 0 unspecified atom stereocenters. The number of carbonyl (C=O) groups excluding carboxylic acids is 3. The summed E-state index contributed by atoms with van der Waals surface area (Å²) in [5.74, 6) is -1.02. The van der Waals surface area contributed by atoms with Gasteiger partial charge in [0, 0.05) is 31.7 Å². The summed E-state index contributed by atoms with van der Waals surface area (Å²) in [5.41, 5.74) is 1.01. The molecule has 0 N–H and O–H groups in total. The molecule has 0 aliphatic carbocycles. The number of anilines is 1. The average molecular weight is 408 g/mol. The van der Waals surface area contributed by atoms with Crippen molar-refractivity contribution >= 4 is 33.3 Å². The molecule has 2 fully saturated rings. The highest BCUT2D eigenvalue weighted by molar-refractivity contribution is 7.91. The van der Waals surface area contributed by atoms with Gasteiger partial charge in [0.1, 0.15) is 0 Å². The molecule has 9 heteroatoms. The first-order chi connectivity index (χ1) is 13.2. The second kappa shape index (κ2) is 7.90. The summed E-state index contributed by atoms with van der Waals surface area (Å²) >= 11 is 0. The predicted octanol–water partition coefficient (Wildman–Crippen LogP) is 1.00. The smallest absolute Gasteiger partial charge is 0.338 e.